The molecule has 0 amide bonds. The molecular formula is C10H21NO2. The molecule has 0 saturated carbocycles. The van der Waals surface area contributed by atoms with Crippen LogP contribution in [0.25, 0.3) is 0 Å². The summed E-state index contributed by atoms with van der Waals surface area (Å²) < 4.78 is 0. The number of hydrogen-bond acceptors (Lipinski definition) is 2. The van der Waals surface area contributed by atoms with Gasteiger partial charge in [-0.25, -0.2) is 0 Å². The molecular weight excluding hydrogens is 166 g/mol. The van der Waals surface area contributed by atoms with Gasteiger partial charge in [-0.1, -0.05) is 13.8 Å². The van der Waals surface area contributed by atoms with E-state index in [-0.39, 0.29) is 12.0 Å². The number of carboxylic acid groups (broad SMARTS) is 1. The zero-order chi connectivity index (χ0) is 10.6. The molecule has 0 rings (SSSR count). The fraction of sp³-hybridized carbons (Fsp3) is 0.900. The predicted molar refractivity (Wildman–Crippen MR) is 53.8 cm³/mol. The Morgan fingerprint density at radius 2 is 1.85 bits per heavy atom. The van der Waals surface area contributed by atoms with Crippen molar-refractivity contribution in [1.29, 1.82) is 0 Å². The average Bonchev–Trinajstić information content (AvgIpc) is 2.12. The van der Waals surface area contributed by atoms with Crippen LogP contribution in [0.15, 0.2) is 0 Å². The van der Waals surface area contributed by atoms with E-state index in [0.29, 0.717) is 6.04 Å². The van der Waals surface area contributed by atoms with Crippen LogP contribution in [0.3, 0.4) is 0 Å². The molecule has 0 heterocycles. The van der Waals surface area contributed by atoms with Crippen LogP contribution in [-0.2, 0) is 4.79 Å². The van der Waals surface area contributed by atoms with E-state index in [2.05, 4.69) is 18.7 Å². The molecule has 0 aliphatic rings. The van der Waals surface area contributed by atoms with E-state index < -0.39 is 5.97 Å². The normalized spacial score (nSPS) is 18.3. The van der Waals surface area contributed by atoms with Crippen LogP contribution in [-0.4, -0.2) is 35.1 Å². The van der Waals surface area contributed by atoms with Gasteiger partial charge in [-0.2, -0.15) is 0 Å². The van der Waals surface area contributed by atoms with Crippen LogP contribution in [0.5, 0.6) is 0 Å². The first-order valence-corrected chi connectivity index (χ1v) is 4.86. The third-order valence-corrected chi connectivity index (χ3v) is 3.04. The molecule has 1 N–H and O–H groups in total. The minimum Gasteiger partial charge on any atom is -0.481 e. The maximum atomic E-state index is 10.7. The Morgan fingerprint density at radius 1 is 1.38 bits per heavy atom. The summed E-state index contributed by atoms with van der Waals surface area (Å²) in [6.45, 7) is 7.95. The van der Waals surface area contributed by atoms with Gasteiger partial charge in [0.2, 0.25) is 0 Å². The van der Waals surface area contributed by atoms with Crippen molar-refractivity contribution in [3.8, 4) is 0 Å². The largest absolute Gasteiger partial charge is 0.481 e. The molecule has 13 heavy (non-hydrogen) atoms. The Kier molecular flexibility index (Phi) is 4.99. The number of rotatable bonds is 5. The lowest BCUT2D eigenvalue weighted by molar-refractivity contribution is -0.143. The minimum atomic E-state index is -0.720. The summed E-state index contributed by atoms with van der Waals surface area (Å²) in [6.07, 6.45) is 1.05. The SMILES string of the molecule is CCC(C)N(C)C(C)C(C)C(=O)O. The number of carboxylic acids is 1. The van der Waals surface area contributed by atoms with Gasteiger partial charge in [-0.15, -0.1) is 0 Å². The lowest BCUT2D eigenvalue weighted by Gasteiger charge is -2.32. The summed E-state index contributed by atoms with van der Waals surface area (Å²) in [5, 5.41) is 8.83. The number of nitrogens with zero attached hydrogens (tertiary/aromatic N) is 1. The van der Waals surface area contributed by atoms with Gasteiger partial charge in [0.05, 0.1) is 5.92 Å². The maximum absolute atomic E-state index is 10.7. The van der Waals surface area contributed by atoms with E-state index in [0.717, 1.165) is 6.42 Å². The van der Waals surface area contributed by atoms with Crippen LogP contribution < -0.4 is 0 Å². The Balaban J connectivity index is 4.24. The first-order valence-electron chi connectivity index (χ1n) is 4.86. The van der Waals surface area contributed by atoms with Gasteiger partial charge in [0.25, 0.3) is 0 Å². The Morgan fingerprint density at radius 3 is 2.15 bits per heavy atom. The van der Waals surface area contributed by atoms with E-state index in [9.17, 15) is 4.79 Å². The summed E-state index contributed by atoms with van der Waals surface area (Å²) in [7, 11) is 1.98. The van der Waals surface area contributed by atoms with Gasteiger partial charge in [-0.05, 0) is 27.3 Å². The number of carbonyl (C=O) groups is 1. The molecule has 0 aromatic carbocycles. The fourth-order valence-electron chi connectivity index (χ4n) is 1.25. The Bertz CT molecular complexity index is 170. The zero-order valence-corrected chi connectivity index (χ0v) is 9.24. The minimum absolute atomic E-state index is 0.0902. The molecule has 0 fully saturated rings. The van der Waals surface area contributed by atoms with Crippen LogP contribution >= 0.6 is 0 Å². The summed E-state index contributed by atoms with van der Waals surface area (Å²) in [5.41, 5.74) is 0. The second-order valence-electron chi connectivity index (χ2n) is 3.79. The van der Waals surface area contributed by atoms with E-state index in [1.807, 2.05) is 14.0 Å². The van der Waals surface area contributed by atoms with Crippen LogP contribution in [0.4, 0.5) is 0 Å². The highest BCUT2D eigenvalue weighted by Crippen LogP contribution is 2.13. The van der Waals surface area contributed by atoms with Gasteiger partial charge in [-0.3, -0.25) is 4.79 Å². The molecule has 0 bridgehead atoms. The molecule has 3 unspecified atom stereocenters. The molecule has 0 aliphatic heterocycles. The van der Waals surface area contributed by atoms with Crippen LogP contribution in [0.1, 0.15) is 34.1 Å². The number of aliphatic carboxylic acids is 1. The highest BCUT2D eigenvalue weighted by molar-refractivity contribution is 5.70. The topological polar surface area (TPSA) is 40.5 Å². The van der Waals surface area contributed by atoms with Crippen molar-refractivity contribution < 1.29 is 9.90 Å². The molecule has 3 heteroatoms. The quantitative estimate of drug-likeness (QED) is 0.713. The lowest BCUT2D eigenvalue weighted by atomic mass is 10.0. The van der Waals surface area contributed by atoms with E-state index >= 15 is 0 Å². The van der Waals surface area contributed by atoms with Crippen molar-refractivity contribution in [1.82, 2.24) is 4.90 Å². The molecule has 0 aromatic rings. The molecule has 0 spiro atoms. The smallest absolute Gasteiger partial charge is 0.307 e. The first kappa shape index (κ1) is 12.4. The summed E-state index contributed by atoms with van der Waals surface area (Å²) in [4.78, 5) is 12.9. The third kappa shape index (κ3) is 3.35. The van der Waals surface area contributed by atoms with Gasteiger partial charge < -0.3 is 10.0 Å². The van der Waals surface area contributed by atoms with Crippen molar-refractivity contribution in [3.63, 3.8) is 0 Å². The summed E-state index contributed by atoms with van der Waals surface area (Å²) in [6, 6.07) is 0.532. The average molecular weight is 187 g/mol. The molecule has 0 aliphatic carbocycles. The van der Waals surface area contributed by atoms with Gasteiger partial charge in [0, 0.05) is 12.1 Å². The monoisotopic (exact) mass is 187 g/mol. The molecule has 0 saturated heterocycles. The molecule has 3 atom stereocenters. The molecule has 3 nitrogen and oxygen atoms in total. The van der Waals surface area contributed by atoms with Crippen LogP contribution in [0, 0.1) is 5.92 Å². The fourth-order valence-corrected chi connectivity index (χ4v) is 1.25. The molecule has 0 aromatic heterocycles. The summed E-state index contributed by atoms with van der Waals surface area (Å²) >= 11 is 0. The van der Waals surface area contributed by atoms with Crippen molar-refractivity contribution >= 4 is 5.97 Å². The van der Waals surface area contributed by atoms with Crippen molar-refractivity contribution in [2.45, 2.75) is 46.2 Å². The Labute approximate surface area is 80.7 Å². The predicted octanol–water partition coefficient (Wildman–Crippen LogP) is 1.83. The maximum Gasteiger partial charge on any atom is 0.307 e. The van der Waals surface area contributed by atoms with E-state index in [1.165, 1.54) is 0 Å². The zero-order valence-electron chi connectivity index (χ0n) is 9.24. The second kappa shape index (κ2) is 5.22. The lowest BCUT2D eigenvalue weighted by Crippen LogP contribution is -2.42. The Hall–Kier alpha value is -0.570. The van der Waals surface area contributed by atoms with Gasteiger partial charge in [0.1, 0.15) is 0 Å². The van der Waals surface area contributed by atoms with Gasteiger partial charge >= 0.3 is 5.97 Å². The van der Waals surface area contributed by atoms with Crippen molar-refractivity contribution in [2.75, 3.05) is 7.05 Å². The standard InChI is InChI=1S/C10H21NO2/c1-6-7(2)11(5)9(4)8(3)10(12)13/h7-9H,6H2,1-5H3,(H,12,13). The third-order valence-electron chi connectivity index (χ3n) is 3.04. The highest BCUT2D eigenvalue weighted by atomic mass is 16.4. The molecule has 78 valence electrons. The number of hydrogen-bond donors (Lipinski definition) is 1. The van der Waals surface area contributed by atoms with E-state index in [1.54, 1.807) is 6.92 Å². The highest BCUT2D eigenvalue weighted by Gasteiger charge is 2.24. The van der Waals surface area contributed by atoms with Crippen molar-refractivity contribution in [3.05, 3.63) is 0 Å². The van der Waals surface area contributed by atoms with E-state index in [4.69, 9.17) is 5.11 Å². The second-order valence-corrected chi connectivity index (χ2v) is 3.79. The van der Waals surface area contributed by atoms with Gasteiger partial charge in [0.15, 0.2) is 0 Å². The molecule has 0 radical (unpaired) electrons. The summed E-state index contributed by atoms with van der Waals surface area (Å²) in [5.74, 6) is -1.03. The van der Waals surface area contributed by atoms with Crippen LogP contribution in [0.2, 0.25) is 0 Å². The first-order chi connectivity index (χ1) is 5.91. The van der Waals surface area contributed by atoms with Crippen molar-refractivity contribution in [2.24, 2.45) is 5.92 Å².